The molecule has 1 aromatic carbocycles. The lowest BCUT2D eigenvalue weighted by molar-refractivity contribution is 0.0725. The van der Waals surface area contributed by atoms with Gasteiger partial charge in [0.1, 0.15) is 0 Å². The fraction of sp³-hybridized carbons (Fsp3) is 0.333. The lowest BCUT2D eigenvalue weighted by atomic mass is 10.1. The van der Waals surface area contributed by atoms with E-state index in [1.165, 1.54) is 0 Å². The van der Waals surface area contributed by atoms with Gasteiger partial charge < -0.3 is 4.90 Å². The van der Waals surface area contributed by atoms with Crippen LogP contribution in [0.15, 0.2) is 42.9 Å². The van der Waals surface area contributed by atoms with Crippen LogP contribution in [-0.2, 0) is 19.5 Å². The third-order valence-corrected chi connectivity index (χ3v) is 4.56. The number of nitrogens with zero attached hydrogens (tertiary/aromatic N) is 5. The van der Waals surface area contributed by atoms with Crippen LogP contribution in [-0.4, -0.2) is 42.5 Å². The molecule has 0 saturated carbocycles. The maximum absolute atomic E-state index is 12.9. The first-order chi connectivity index (χ1) is 12.2. The molecule has 7 heteroatoms. The minimum Gasteiger partial charge on any atom is -0.334 e. The first-order valence-electron chi connectivity index (χ1n) is 8.42. The Morgan fingerprint density at radius 3 is 2.92 bits per heavy atom. The van der Waals surface area contributed by atoms with Crippen molar-refractivity contribution in [1.82, 2.24) is 30.1 Å². The summed E-state index contributed by atoms with van der Waals surface area (Å²) in [6.07, 6.45) is 6.23. The van der Waals surface area contributed by atoms with Crippen LogP contribution < -0.4 is 0 Å². The summed E-state index contributed by atoms with van der Waals surface area (Å²) >= 11 is 0. The second-order valence-corrected chi connectivity index (χ2v) is 6.67. The molecule has 128 valence electrons. The molecule has 1 aliphatic rings. The topological polar surface area (TPSA) is 79.7 Å². The van der Waals surface area contributed by atoms with Crippen LogP contribution in [0.25, 0.3) is 0 Å². The largest absolute Gasteiger partial charge is 0.334 e. The van der Waals surface area contributed by atoms with Crippen LogP contribution >= 0.6 is 0 Å². The van der Waals surface area contributed by atoms with Gasteiger partial charge >= 0.3 is 0 Å². The molecule has 0 spiro atoms. The van der Waals surface area contributed by atoms with Crippen LogP contribution in [0.5, 0.6) is 0 Å². The summed E-state index contributed by atoms with van der Waals surface area (Å²) in [6.45, 7) is 4.17. The fourth-order valence-corrected chi connectivity index (χ4v) is 3.30. The standard InChI is InChI=1S/C18H20N6O/c1-13-8-17-16(9-20-21-17)12-23(10-13)18(25)15-4-2-14(3-5-15)11-24-7-6-19-22-24/h2-7,9,13H,8,10-12H2,1H3,(H,20,21). The Morgan fingerprint density at radius 2 is 2.16 bits per heavy atom. The zero-order chi connectivity index (χ0) is 17.2. The van der Waals surface area contributed by atoms with Gasteiger partial charge in [0.05, 0.1) is 18.9 Å². The van der Waals surface area contributed by atoms with Crippen molar-refractivity contribution in [2.45, 2.75) is 26.4 Å². The van der Waals surface area contributed by atoms with Crippen LogP contribution in [0.3, 0.4) is 0 Å². The Bertz CT molecular complexity index is 852. The van der Waals surface area contributed by atoms with Crippen molar-refractivity contribution in [3.8, 4) is 0 Å². The number of aromatic amines is 1. The molecule has 7 nitrogen and oxygen atoms in total. The van der Waals surface area contributed by atoms with Gasteiger partial charge in [-0.1, -0.05) is 24.3 Å². The van der Waals surface area contributed by atoms with Gasteiger partial charge in [0.15, 0.2) is 0 Å². The van der Waals surface area contributed by atoms with E-state index in [9.17, 15) is 4.79 Å². The molecule has 3 aromatic rings. The first-order valence-corrected chi connectivity index (χ1v) is 8.42. The van der Waals surface area contributed by atoms with Gasteiger partial charge in [-0.2, -0.15) is 5.10 Å². The molecule has 1 unspecified atom stereocenters. The number of H-pyrrole nitrogens is 1. The molecule has 2 aromatic heterocycles. The van der Waals surface area contributed by atoms with Crippen molar-refractivity contribution in [3.05, 3.63) is 65.2 Å². The second-order valence-electron chi connectivity index (χ2n) is 6.67. The predicted octanol–water partition coefficient (Wildman–Crippen LogP) is 1.88. The minimum absolute atomic E-state index is 0.0632. The van der Waals surface area contributed by atoms with Crippen LogP contribution in [0.2, 0.25) is 0 Å². The number of rotatable bonds is 3. The molecular formula is C18H20N6O. The molecule has 0 aliphatic carbocycles. The number of amides is 1. The Hall–Kier alpha value is -2.96. The van der Waals surface area contributed by atoms with E-state index in [0.29, 0.717) is 24.6 Å². The highest BCUT2D eigenvalue weighted by molar-refractivity contribution is 5.94. The van der Waals surface area contributed by atoms with Crippen molar-refractivity contribution in [2.75, 3.05) is 6.54 Å². The highest BCUT2D eigenvalue weighted by Gasteiger charge is 2.24. The molecule has 1 aliphatic heterocycles. The Labute approximate surface area is 145 Å². The Kier molecular flexibility index (Phi) is 4.05. The quantitative estimate of drug-likeness (QED) is 0.792. The third-order valence-electron chi connectivity index (χ3n) is 4.56. The van der Waals surface area contributed by atoms with E-state index in [0.717, 1.165) is 29.8 Å². The third kappa shape index (κ3) is 3.31. The molecule has 0 fully saturated rings. The molecule has 4 rings (SSSR count). The molecule has 0 saturated heterocycles. The minimum atomic E-state index is 0.0632. The van der Waals surface area contributed by atoms with Crippen LogP contribution in [0, 0.1) is 5.92 Å². The summed E-state index contributed by atoms with van der Waals surface area (Å²) in [5.41, 5.74) is 4.05. The predicted molar refractivity (Wildman–Crippen MR) is 91.8 cm³/mol. The van der Waals surface area contributed by atoms with E-state index >= 15 is 0 Å². The maximum Gasteiger partial charge on any atom is 0.254 e. The summed E-state index contributed by atoms with van der Waals surface area (Å²) in [5.74, 6) is 0.463. The normalized spacial score (nSPS) is 17.2. The lowest BCUT2D eigenvalue weighted by Crippen LogP contribution is -2.33. The van der Waals surface area contributed by atoms with E-state index in [-0.39, 0.29) is 5.91 Å². The molecule has 1 N–H and O–H groups in total. The lowest BCUT2D eigenvalue weighted by Gasteiger charge is -2.23. The zero-order valence-electron chi connectivity index (χ0n) is 14.1. The number of carbonyl (C=O) groups excluding carboxylic acids is 1. The van der Waals surface area contributed by atoms with E-state index in [2.05, 4.69) is 27.4 Å². The average Bonchev–Trinajstić information content (AvgIpc) is 3.24. The van der Waals surface area contributed by atoms with Gasteiger partial charge in [0, 0.05) is 36.1 Å². The Morgan fingerprint density at radius 1 is 1.32 bits per heavy atom. The van der Waals surface area contributed by atoms with Crippen molar-refractivity contribution < 1.29 is 4.79 Å². The van der Waals surface area contributed by atoms with Crippen molar-refractivity contribution >= 4 is 5.91 Å². The number of aromatic nitrogens is 5. The molecule has 1 amide bonds. The summed E-state index contributed by atoms with van der Waals surface area (Å²) in [4.78, 5) is 14.8. The Balaban J connectivity index is 1.50. The first kappa shape index (κ1) is 15.6. The van der Waals surface area contributed by atoms with Crippen molar-refractivity contribution in [2.24, 2.45) is 5.92 Å². The zero-order valence-corrected chi connectivity index (χ0v) is 14.1. The molecular weight excluding hydrogens is 316 g/mol. The summed E-state index contributed by atoms with van der Waals surface area (Å²) in [7, 11) is 0. The molecule has 0 radical (unpaired) electrons. The molecule has 25 heavy (non-hydrogen) atoms. The van der Waals surface area contributed by atoms with Gasteiger partial charge in [0.2, 0.25) is 0 Å². The monoisotopic (exact) mass is 336 g/mol. The summed E-state index contributed by atoms with van der Waals surface area (Å²) < 4.78 is 1.76. The van der Waals surface area contributed by atoms with E-state index < -0.39 is 0 Å². The number of benzene rings is 1. The van der Waals surface area contributed by atoms with Crippen molar-refractivity contribution in [3.63, 3.8) is 0 Å². The van der Waals surface area contributed by atoms with Gasteiger partial charge in [-0.15, -0.1) is 5.10 Å². The number of hydrogen-bond acceptors (Lipinski definition) is 4. The van der Waals surface area contributed by atoms with Gasteiger partial charge in [-0.05, 0) is 30.0 Å². The number of nitrogens with one attached hydrogen (secondary N) is 1. The van der Waals surface area contributed by atoms with Crippen LogP contribution in [0.1, 0.15) is 34.1 Å². The highest BCUT2D eigenvalue weighted by atomic mass is 16.2. The summed E-state index contributed by atoms with van der Waals surface area (Å²) in [5, 5.41) is 14.9. The van der Waals surface area contributed by atoms with Gasteiger partial charge in [-0.3, -0.25) is 9.89 Å². The maximum atomic E-state index is 12.9. The number of fused-ring (bicyclic) bond motifs is 1. The molecule has 3 heterocycles. The summed E-state index contributed by atoms with van der Waals surface area (Å²) in [6, 6.07) is 7.72. The fourth-order valence-electron chi connectivity index (χ4n) is 3.30. The van der Waals surface area contributed by atoms with Gasteiger partial charge in [-0.25, -0.2) is 4.68 Å². The smallest absolute Gasteiger partial charge is 0.254 e. The van der Waals surface area contributed by atoms with E-state index in [4.69, 9.17) is 0 Å². The van der Waals surface area contributed by atoms with Crippen LogP contribution in [0.4, 0.5) is 0 Å². The molecule has 1 atom stereocenters. The SMILES string of the molecule is CC1Cc2[nH]ncc2CN(C(=O)c2ccc(Cn3ccnn3)cc2)C1. The number of hydrogen-bond donors (Lipinski definition) is 1. The van der Waals surface area contributed by atoms with E-state index in [1.807, 2.05) is 41.6 Å². The number of carbonyl (C=O) groups is 1. The average molecular weight is 336 g/mol. The molecule has 0 bridgehead atoms. The van der Waals surface area contributed by atoms with E-state index in [1.54, 1.807) is 10.9 Å². The van der Waals surface area contributed by atoms with Crippen molar-refractivity contribution in [1.29, 1.82) is 0 Å². The van der Waals surface area contributed by atoms with Gasteiger partial charge in [0.25, 0.3) is 5.91 Å². The second kappa shape index (κ2) is 6.51. The highest BCUT2D eigenvalue weighted by Crippen LogP contribution is 2.21.